The fraction of sp³-hybridized carbons (Fsp3) is 0.324. The van der Waals surface area contributed by atoms with Crippen molar-refractivity contribution < 1.29 is 23.9 Å². The first kappa shape index (κ1) is 32.7. The Kier molecular flexibility index (Phi) is 9.73. The number of hydrazine groups is 1. The third kappa shape index (κ3) is 6.75. The van der Waals surface area contributed by atoms with Gasteiger partial charge in [0.15, 0.2) is 5.13 Å². The van der Waals surface area contributed by atoms with Gasteiger partial charge in [0.1, 0.15) is 18.0 Å². The summed E-state index contributed by atoms with van der Waals surface area (Å²) < 4.78 is 6.17. The summed E-state index contributed by atoms with van der Waals surface area (Å²) in [5.74, 6) is 0.306. The van der Waals surface area contributed by atoms with Gasteiger partial charge >= 0.3 is 6.03 Å². The Bertz CT molecular complexity index is 1800. The topological polar surface area (TPSA) is 153 Å². The number of carbonyl (C=O) groups is 4. The van der Waals surface area contributed by atoms with E-state index in [0.717, 1.165) is 32.7 Å². The molecule has 2 fully saturated rings. The average molecular weight is 671 g/mol. The van der Waals surface area contributed by atoms with Crippen LogP contribution in [0, 0.1) is 0 Å². The van der Waals surface area contributed by atoms with Gasteiger partial charge in [0, 0.05) is 31.7 Å². The van der Waals surface area contributed by atoms with Crippen LogP contribution in [0.4, 0.5) is 15.6 Å². The number of nitrogen functional groups attached to an aromatic ring is 1. The van der Waals surface area contributed by atoms with Gasteiger partial charge in [-0.15, -0.1) is 0 Å². The molecule has 0 saturated carbocycles. The van der Waals surface area contributed by atoms with Gasteiger partial charge in [-0.05, 0) is 53.4 Å². The molecule has 2 atom stereocenters. The largest absolute Gasteiger partial charge is 0.497 e. The first-order valence-electron chi connectivity index (χ1n) is 15.8. The monoisotopic (exact) mass is 670 g/mol. The maximum Gasteiger partial charge on any atom is 0.332 e. The van der Waals surface area contributed by atoms with Gasteiger partial charge < -0.3 is 30.9 Å². The van der Waals surface area contributed by atoms with Crippen LogP contribution in [-0.4, -0.2) is 88.0 Å². The molecule has 2 aliphatic rings. The summed E-state index contributed by atoms with van der Waals surface area (Å²) in [6.07, 6.45) is 0.950. The van der Waals surface area contributed by atoms with Crippen molar-refractivity contribution in [3.8, 4) is 5.75 Å². The van der Waals surface area contributed by atoms with Crippen LogP contribution in [0.3, 0.4) is 0 Å². The number of aromatic nitrogens is 1. The molecule has 250 valence electrons. The van der Waals surface area contributed by atoms with Crippen molar-refractivity contribution in [2.24, 2.45) is 0 Å². The SMILES string of the molecule is CCCN(C(=O)NCc1ccc(OC)cc1)N1CC(=O)N2[C@@H](Cc3ccc(NC=O)cc3)C(=O)N(Cc3cccc4sc(N)nc34)C[C@@H]21. The zero-order valence-corrected chi connectivity index (χ0v) is 27.6. The second-order valence-electron chi connectivity index (χ2n) is 11.7. The van der Waals surface area contributed by atoms with Crippen LogP contribution in [0.5, 0.6) is 5.75 Å². The molecule has 0 spiro atoms. The molecule has 4 aromatic rings. The Morgan fingerprint density at radius 1 is 1.10 bits per heavy atom. The number of thiazole rings is 1. The van der Waals surface area contributed by atoms with Crippen molar-refractivity contribution in [1.29, 1.82) is 0 Å². The average Bonchev–Trinajstić information content (AvgIpc) is 3.64. The van der Waals surface area contributed by atoms with Crippen molar-refractivity contribution in [2.45, 2.75) is 45.1 Å². The van der Waals surface area contributed by atoms with E-state index >= 15 is 0 Å². The third-order valence-electron chi connectivity index (χ3n) is 8.64. The molecule has 3 aromatic carbocycles. The Hall–Kier alpha value is -5.21. The van der Waals surface area contributed by atoms with E-state index in [-0.39, 0.29) is 43.9 Å². The quantitative estimate of drug-likeness (QED) is 0.194. The minimum Gasteiger partial charge on any atom is -0.497 e. The Morgan fingerprint density at radius 3 is 2.56 bits per heavy atom. The number of hydrogen-bond acceptors (Lipinski definition) is 9. The van der Waals surface area contributed by atoms with Crippen LogP contribution in [0.25, 0.3) is 10.2 Å². The number of piperazine rings is 1. The lowest BCUT2D eigenvalue weighted by Gasteiger charge is -2.46. The summed E-state index contributed by atoms with van der Waals surface area (Å²) in [5.41, 5.74) is 9.98. The van der Waals surface area contributed by atoms with Crippen LogP contribution in [-0.2, 0) is 33.9 Å². The number of nitrogens with two attached hydrogens (primary N) is 1. The minimum absolute atomic E-state index is 0.0430. The van der Waals surface area contributed by atoms with Gasteiger partial charge in [-0.3, -0.25) is 19.4 Å². The molecule has 0 aliphatic carbocycles. The van der Waals surface area contributed by atoms with Gasteiger partial charge in [-0.2, -0.15) is 5.01 Å². The number of carbonyl (C=O) groups excluding carboxylic acids is 4. The number of nitrogens with zero attached hydrogens (tertiary/aromatic N) is 5. The standard InChI is InChI=1S/C34H38N8O5S/c1-3-15-40(34(46)36-17-23-9-13-26(47-2)14-10-23)41-20-30(44)42-27(16-22-7-11-25(12-8-22)37-21-43)32(45)39(19-29(41)42)18-24-5-4-6-28-31(24)38-33(35)48-28/h4-14,21,27,29H,3,15-20H2,1-2H3,(H2,35,38)(H,36,46)(H,37,43)/t27-,29+/m0/s1. The lowest BCUT2D eigenvalue weighted by molar-refractivity contribution is -0.157. The summed E-state index contributed by atoms with van der Waals surface area (Å²) in [6.45, 7) is 3.07. The highest BCUT2D eigenvalue weighted by molar-refractivity contribution is 7.22. The van der Waals surface area contributed by atoms with Crippen molar-refractivity contribution in [3.63, 3.8) is 0 Å². The number of ether oxygens (including phenoxy) is 1. The van der Waals surface area contributed by atoms with E-state index in [1.165, 1.54) is 11.3 Å². The van der Waals surface area contributed by atoms with Crippen molar-refractivity contribution in [2.75, 3.05) is 37.8 Å². The molecule has 4 N–H and O–H groups in total. The number of rotatable bonds is 12. The molecule has 5 amide bonds. The molecular weight excluding hydrogens is 632 g/mol. The zero-order chi connectivity index (χ0) is 33.8. The first-order valence-corrected chi connectivity index (χ1v) is 16.6. The normalized spacial score (nSPS) is 17.8. The molecule has 13 nitrogen and oxygen atoms in total. The first-order chi connectivity index (χ1) is 23.3. The maximum atomic E-state index is 14.3. The number of urea groups is 1. The number of hydrogen-bond donors (Lipinski definition) is 3. The molecule has 0 unspecified atom stereocenters. The highest BCUT2D eigenvalue weighted by Gasteiger charge is 2.52. The van der Waals surface area contributed by atoms with Gasteiger partial charge in [0.2, 0.25) is 18.2 Å². The maximum absolute atomic E-state index is 14.3. The van der Waals surface area contributed by atoms with Crippen LogP contribution >= 0.6 is 11.3 Å². The van der Waals surface area contributed by atoms with E-state index in [9.17, 15) is 19.2 Å². The molecule has 3 heterocycles. The second-order valence-corrected chi connectivity index (χ2v) is 12.8. The number of anilines is 2. The number of amides is 5. The summed E-state index contributed by atoms with van der Waals surface area (Å²) in [7, 11) is 1.60. The fourth-order valence-electron chi connectivity index (χ4n) is 6.35. The molecule has 1 aromatic heterocycles. The Balaban J connectivity index is 1.29. The fourth-order valence-corrected chi connectivity index (χ4v) is 7.13. The van der Waals surface area contributed by atoms with E-state index in [2.05, 4.69) is 15.6 Å². The predicted molar refractivity (Wildman–Crippen MR) is 183 cm³/mol. The molecular formula is C34H38N8O5S. The summed E-state index contributed by atoms with van der Waals surface area (Å²) in [6, 6.07) is 19.3. The summed E-state index contributed by atoms with van der Waals surface area (Å²) in [5, 5.41) is 9.46. The van der Waals surface area contributed by atoms with Gasteiger partial charge in [0.25, 0.3) is 0 Å². The molecule has 14 heteroatoms. The summed E-state index contributed by atoms with van der Waals surface area (Å²) >= 11 is 1.39. The van der Waals surface area contributed by atoms with Crippen LogP contribution < -0.4 is 21.1 Å². The predicted octanol–water partition coefficient (Wildman–Crippen LogP) is 3.42. The number of fused-ring (bicyclic) bond motifs is 2. The Morgan fingerprint density at radius 2 is 1.85 bits per heavy atom. The number of nitrogens with one attached hydrogen (secondary N) is 2. The number of methoxy groups -OCH3 is 1. The van der Waals surface area contributed by atoms with E-state index in [1.807, 2.05) is 61.5 Å². The van der Waals surface area contributed by atoms with E-state index in [1.54, 1.807) is 39.1 Å². The number of benzene rings is 3. The van der Waals surface area contributed by atoms with Gasteiger partial charge in [-0.1, -0.05) is 54.7 Å². The van der Waals surface area contributed by atoms with Crippen LogP contribution in [0.15, 0.2) is 66.7 Å². The van der Waals surface area contributed by atoms with Crippen LogP contribution in [0.1, 0.15) is 30.0 Å². The lowest BCUT2D eigenvalue weighted by atomic mass is 9.99. The van der Waals surface area contributed by atoms with Gasteiger partial charge in [-0.25, -0.2) is 9.78 Å². The number of para-hydroxylation sites is 1. The van der Waals surface area contributed by atoms with E-state index < -0.39 is 12.2 Å². The van der Waals surface area contributed by atoms with Crippen LogP contribution in [0.2, 0.25) is 0 Å². The van der Waals surface area contributed by atoms with E-state index in [0.29, 0.717) is 36.7 Å². The smallest absolute Gasteiger partial charge is 0.332 e. The van der Waals surface area contributed by atoms with E-state index in [4.69, 9.17) is 10.5 Å². The molecule has 2 aliphatic heterocycles. The highest BCUT2D eigenvalue weighted by atomic mass is 32.1. The van der Waals surface area contributed by atoms with Crippen molar-refractivity contribution >= 4 is 56.6 Å². The van der Waals surface area contributed by atoms with Gasteiger partial charge in [0.05, 0.1) is 30.4 Å². The van der Waals surface area contributed by atoms with Crippen molar-refractivity contribution in [3.05, 3.63) is 83.4 Å². The zero-order valence-electron chi connectivity index (χ0n) is 26.8. The minimum atomic E-state index is -0.809. The van der Waals surface area contributed by atoms with Crippen molar-refractivity contribution in [1.82, 2.24) is 30.1 Å². The third-order valence-corrected chi connectivity index (χ3v) is 9.49. The molecule has 48 heavy (non-hydrogen) atoms. The lowest BCUT2D eigenvalue weighted by Crippen LogP contribution is -2.66. The molecule has 6 rings (SSSR count). The molecule has 2 saturated heterocycles. The Labute approximate surface area is 282 Å². The summed E-state index contributed by atoms with van der Waals surface area (Å²) in [4.78, 5) is 60.6. The highest BCUT2D eigenvalue weighted by Crippen LogP contribution is 2.32. The molecule has 0 bridgehead atoms. The second kappa shape index (κ2) is 14.3. The molecule has 0 radical (unpaired) electrons.